The fourth-order valence-corrected chi connectivity index (χ4v) is 3.45. The molecule has 0 spiro atoms. The first kappa shape index (κ1) is 19.7. The third-order valence-corrected chi connectivity index (χ3v) is 4.55. The number of benzene rings is 1. The molecule has 0 radical (unpaired) electrons. The van der Waals surface area contributed by atoms with Crippen molar-refractivity contribution >= 4 is 29.4 Å². The molecule has 1 saturated heterocycles. The maximum Gasteiger partial charge on any atom is 0.344 e. The van der Waals surface area contributed by atoms with Crippen LogP contribution in [0.25, 0.3) is 0 Å². The summed E-state index contributed by atoms with van der Waals surface area (Å²) in [6, 6.07) is 4.52. The molecule has 1 heterocycles. The van der Waals surface area contributed by atoms with Gasteiger partial charge in [0.15, 0.2) is 18.2 Å². The van der Waals surface area contributed by atoms with Gasteiger partial charge in [0.2, 0.25) is 11.8 Å². The van der Waals surface area contributed by atoms with Gasteiger partial charge in [-0.15, -0.1) is 0 Å². The number of rotatable bonds is 4. The number of fused-ring (bicyclic) bond motifs is 1. The number of hydrogen-bond donors (Lipinski definition) is 1. The van der Waals surface area contributed by atoms with Crippen molar-refractivity contribution in [3.63, 3.8) is 0 Å². The van der Waals surface area contributed by atoms with Gasteiger partial charge in [0, 0.05) is 12.0 Å². The number of ketones is 2. The molecule has 0 aromatic heterocycles. The van der Waals surface area contributed by atoms with Gasteiger partial charge in [-0.25, -0.2) is 4.79 Å². The van der Waals surface area contributed by atoms with Crippen LogP contribution in [-0.4, -0.2) is 41.6 Å². The molecule has 1 unspecified atom stereocenters. The summed E-state index contributed by atoms with van der Waals surface area (Å²) in [4.78, 5) is 61.1. The number of piperidine rings is 1. The molecule has 0 saturated carbocycles. The van der Waals surface area contributed by atoms with Crippen LogP contribution in [-0.2, 0) is 19.1 Å². The highest BCUT2D eigenvalue weighted by molar-refractivity contribution is 6.29. The minimum atomic E-state index is -1.19. The van der Waals surface area contributed by atoms with Crippen molar-refractivity contribution in [1.82, 2.24) is 5.32 Å². The minimum absolute atomic E-state index is 0.0609. The van der Waals surface area contributed by atoms with Crippen molar-refractivity contribution < 1.29 is 33.4 Å². The number of amides is 2. The average Bonchev–Trinajstić information content (AvgIpc) is 2.84. The molecule has 1 aliphatic carbocycles. The third-order valence-electron chi connectivity index (χ3n) is 4.55. The molecule has 1 fully saturated rings. The van der Waals surface area contributed by atoms with Gasteiger partial charge < -0.3 is 9.47 Å². The summed E-state index contributed by atoms with van der Waals surface area (Å²) in [7, 11) is 0. The van der Waals surface area contributed by atoms with E-state index in [2.05, 4.69) is 5.32 Å². The molecule has 1 aliphatic heterocycles. The Kier molecular flexibility index (Phi) is 5.06. The van der Waals surface area contributed by atoms with E-state index in [1.54, 1.807) is 26.8 Å². The molecule has 2 amide bonds. The summed E-state index contributed by atoms with van der Waals surface area (Å²) in [5, 5.41) is 2.18. The monoisotopic (exact) mass is 387 g/mol. The van der Waals surface area contributed by atoms with Crippen LogP contribution in [0.2, 0.25) is 0 Å². The van der Waals surface area contributed by atoms with E-state index in [4.69, 9.17) is 9.47 Å². The quantitative estimate of drug-likeness (QED) is 0.472. The van der Waals surface area contributed by atoms with Crippen LogP contribution in [0.1, 0.15) is 54.3 Å². The third kappa shape index (κ3) is 3.81. The lowest BCUT2D eigenvalue weighted by molar-refractivity contribution is -0.157. The number of hydrogen-bond acceptors (Lipinski definition) is 7. The zero-order chi connectivity index (χ0) is 20.6. The molecule has 1 aromatic carbocycles. The molecule has 28 heavy (non-hydrogen) atoms. The molecule has 0 bridgehead atoms. The van der Waals surface area contributed by atoms with E-state index in [0.29, 0.717) is 0 Å². The first-order valence-electron chi connectivity index (χ1n) is 8.98. The first-order valence-corrected chi connectivity index (χ1v) is 8.98. The molecule has 8 nitrogen and oxygen atoms in total. The van der Waals surface area contributed by atoms with E-state index in [1.165, 1.54) is 12.1 Å². The van der Waals surface area contributed by atoms with Gasteiger partial charge in [-0.2, -0.15) is 0 Å². The Balaban J connectivity index is 1.81. The number of Topliss-reactive ketones (excluding diaryl/α,β-unsaturated/α-hetero) is 2. The summed E-state index contributed by atoms with van der Waals surface area (Å²) in [6.07, 6.45) is 0.209. The largest absolute Gasteiger partial charge is 0.481 e. The van der Waals surface area contributed by atoms with Crippen molar-refractivity contribution in [1.29, 1.82) is 0 Å². The number of imide groups is 1. The van der Waals surface area contributed by atoms with Crippen LogP contribution in [0.15, 0.2) is 18.2 Å². The average molecular weight is 387 g/mol. The number of esters is 1. The molecule has 8 heteroatoms. The Morgan fingerprint density at radius 3 is 2.50 bits per heavy atom. The lowest BCUT2D eigenvalue weighted by atomic mass is 9.82. The van der Waals surface area contributed by atoms with E-state index >= 15 is 0 Å². The van der Waals surface area contributed by atoms with Crippen LogP contribution in [0.5, 0.6) is 5.75 Å². The summed E-state index contributed by atoms with van der Waals surface area (Å²) < 4.78 is 10.6. The molecule has 3 rings (SSSR count). The van der Waals surface area contributed by atoms with Crippen LogP contribution >= 0.6 is 0 Å². The van der Waals surface area contributed by atoms with Crippen molar-refractivity contribution in [2.75, 3.05) is 6.61 Å². The molecular formula is C20H21NO7. The maximum atomic E-state index is 12.9. The van der Waals surface area contributed by atoms with Crippen molar-refractivity contribution in [2.45, 2.75) is 39.2 Å². The van der Waals surface area contributed by atoms with Gasteiger partial charge >= 0.3 is 5.97 Å². The van der Waals surface area contributed by atoms with Crippen molar-refractivity contribution in [3.8, 4) is 5.75 Å². The van der Waals surface area contributed by atoms with Gasteiger partial charge in [0.1, 0.15) is 11.4 Å². The Hall–Kier alpha value is -3.03. The summed E-state index contributed by atoms with van der Waals surface area (Å²) >= 11 is 0. The number of carbonyl (C=O) groups is 5. The Labute approximate surface area is 161 Å². The van der Waals surface area contributed by atoms with E-state index in [-0.39, 0.29) is 29.7 Å². The van der Waals surface area contributed by atoms with Crippen LogP contribution in [0, 0.1) is 11.8 Å². The summed E-state index contributed by atoms with van der Waals surface area (Å²) in [5.74, 6) is -4.64. The van der Waals surface area contributed by atoms with Crippen LogP contribution in [0.3, 0.4) is 0 Å². The molecule has 2 atom stereocenters. The van der Waals surface area contributed by atoms with E-state index < -0.39 is 53.4 Å². The summed E-state index contributed by atoms with van der Waals surface area (Å²) in [6.45, 7) is 4.74. The highest BCUT2D eigenvalue weighted by Crippen LogP contribution is 2.39. The van der Waals surface area contributed by atoms with Gasteiger partial charge in [0.05, 0.1) is 17.4 Å². The van der Waals surface area contributed by atoms with Crippen molar-refractivity contribution in [3.05, 3.63) is 29.3 Å². The Morgan fingerprint density at radius 1 is 1.14 bits per heavy atom. The molecule has 148 valence electrons. The second-order valence-electron chi connectivity index (χ2n) is 7.82. The Bertz CT molecular complexity index is 881. The zero-order valence-corrected chi connectivity index (χ0v) is 15.9. The highest BCUT2D eigenvalue weighted by atomic mass is 16.6. The van der Waals surface area contributed by atoms with Gasteiger partial charge in [-0.1, -0.05) is 12.1 Å². The number of ether oxygens (including phenoxy) is 2. The lowest BCUT2D eigenvalue weighted by Gasteiger charge is -2.24. The number of nitrogens with one attached hydrogen (secondary N) is 1. The SMILES string of the molecule is CC(C)(C)OC(=O)COc1cccc2c1C(=O)C([C@H]1CCC(=O)NC1=O)C2=O. The van der Waals surface area contributed by atoms with Crippen LogP contribution in [0.4, 0.5) is 0 Å². The first-order chi connectivity index (χ1) is 13.1. The van der Waals surface area contributed by atoms with Gasteiger partial charge in [-0.05, 0) is 33.3 Å². The van der Waals surface area contributed by atoms with E-state index in [9.17, 15) is 24.0 Å². The second kappa shape index (κ2) is 7.18. The topological polar surface area (TPSA) is 116 Å². The van der Waals surface area contributed by atoms with E-state index in [1.807, 2.05) is 0 Å². The highest BCUT2D eigenvalue weighted by Gasteiger charge is 2.48. The van der Waals surface area contributed by atoms with Crippen molar-refractivity contribution in [2.24, 2.45) is 11.8 Å². The van der Waals surface area contributed by atoms with Crippen LogP contribution < -0.4 is 10.1 Å². The molecule has 1 aromatic rings. The van der Waals surface area contributed by atoms with Gasteiger partial charge in [-0.3, -0.25) is 24.5 Å². The molecular weight excluding hydrogens is 366 g/mol. The van der Waals surface area contributed by atoms with Gasteiger partial charge in [0.25, 0.3) is 0 Å². The Morgan fingerprint density at radius 2 is 1.86 bits per heavy atom. The smallest absolute Gasteiger partial charge is 0.344 e. The molecule has 1 N–H and O–H groups in total. The molecule has 2 aliphatic rings. The fraction of sp³-hybridized carbons (Fsp3) is 0.450. The minimum Gasteiger partial charge on any atom is -0.481 e. The maximum absolute atomic E-state index is 12.9. The standard InChI is InChI=1S/C20H21NO7/c1-20(2,3)28-14(23)9-27-12-6-4-5-10-15(12)18(25)16(17(10)24)11-7-8-13(22)21-19(11)26/h4-6,11,16H,7-9H2,1-3H3,(H,21,22,26)/t11-,16?/m1/s1. The second-order valence-corrected chi connectivity index (χ2v) is 7.82. The zero-order valence-electron chi connectivity index (χ0n) is 15.9. The lowest BCUT2D eigenvalue weighted by Crippen LogP contribution is -2.46. The number of carbonyl (C=O) groups excluding carboxylic acids is 5. The van der Waals surface area contributed by atoms with E-state index in [0.717, 1.165) is 0 Å². The predicted molar refractivity (Wildman–Crippen MR) is 95.8 cm³/mol. The summed E-state index contributed by atoms with van der Waals surface area (Å²) in [5.41, 5.74) is -0.464. The predicted octanol–water partition coefficient (Wildman–Crippen LogP) is 1.46. The normalized spacial score (nSPS) is 22.0. The fourth-order valence-electron chi connectivity index (χ4n) is 3.45.